The van der Waals surface area contributed by atoms with E-state index in [1.807, 2.05) is 0 Å². The first-order chi connectivity index (χ1) is 7.77. The van der Waals surface area contributed by atoms with Crippen LogP contribution in [0.25, 0.3) is 10.9 Å². The fraction of sp³-hybridized carbons (Fsp3) is 0.385. The van der Waals surface area contributed by atoms with Gasteiger partial charge >= 0.3 is 0 Å². The van der Waals surface area contributed by atoms with Gasteiger partial charge in [0, 0.05) is 36.7 Å². The molecule has 0 spiro atoms. The molecule has 1 heterocycles. The van der Waals surface area contributed by atoms with Crippen molar-refractivity contribution in [2.75, 3.05) is 6.54 Å². The Bertz CT molecular complexity index is 485. The zero-order chi connectivity index (χ0) is 11.5. The number of nitrogens with one attached hydrogen (secondary N) is 1. The molecule has 0 aliphatic carbocycles. The Morgan fingerprint density at radius 2 is 2.19 bits per heavy atom. The Balaban J connectivity index is 2.49. The number of aromatic nitrogens is 1. The third kappa shape index (κ3) is 1.84. The van der Waals surface area contributed by atoms with E-state index in [1.165, 1.54) is 22.2 Å². The van der Waals surface area contributed by atoms with Crippen LogP contribution in [0.15, 0.2) is 24.3 Å². The first-order valence-electron chi connectivity index (χ1n) is 5.75. The minimum atomic E-state index is 0.599. The lowest BCUT2D eigenvalue weighted by Gasteiger charge is -2.04. The molecule has 3 N–H and O–H groups in total. The minimum Gasteiger partial charge on any atom is -0.346 e. The number of rotatable bonds is 4. The van der Waals surface area contributed by atoms with Gasteiger partial charge in [-0.2, -0.15) is 0 Å². The highest BCUT2D eigenvalue weighted by Crippen LogP contribution is 2.22. The van der Waals surface area contributed by atoms with Gasteiger partial charge in [-0.1, -0.05) is 19.1 Å². The molecular formula is C13H19N3. The van der Waals surface area contributed by atoms with E-state index >= 15 is 0 Å². The van der Waals surface area contributed by atoms with E-state index in [2.05, 4.69) is 48.1 Å². The number of fused-ring (bicyclic) bond motifs is 1. The van der Waals surface area contributed by atoms with Crippen molar-refractivity contribution in [1.82, 2.24) is 9.88 Å². The van der Waals surface area contributed by atoms with Gasteiger partial charge in [-0.15, -0.1) is 0 Å². The van der Waals surface area contributed by atoms with Crippen LogP contribution < -0.4 is 11.1 Å². The molecule has 86 valence electrons. The summed E-state index contributed by atoms with van der Waals surface area (Å²) in [4.78, 5) is 0. The number of benzene rings is 1. The van der Waals surface area contributed by atoms with Crippen molar-refractivity contribution >= 4 is 10.9 Å². The second kappa shape index (κ2) is 4.68. The Morgan fingerprint density at radius 1 is 1.38 bits per heavy atom. The fourth-order valence-corrected chi connectivity index (χ4v) is 2.08. The predicted octanol–water partition coefficient (Wildman–Crippen LogP) is 1.75. The normalized spacial score (nSPS) is 11.2. The van der Waals surface area contributed by atoms with Crippen molar-refractivity contribution in [3.63, 3.8) is 0 Å². The summed E-state index contributed by atoms with van der Waals surface area (Å²) < 4.78 is 2.23. The summed E-state index contributed by atoms with van der Waals surface area (Å²) in [6.45, 7) is 4.62. The first kappa shape index (κ1) is 11.2. The lowest BCUT2D eigenvalue weighted by atomic mass is 10.1. The van der Waals surface area contributed by atoms with Crippen LogP contribution in [0, 0.1) is 0 Å². The third-order valence-corrected chi connectivity index (χ3v) is 3.05. The van der Waals surface area contributed by atoms with E-state index in [-0.39, 0.29) is 0 Å². The first-order valence-corrected chi connectivity index (χ1v) is 5.75. The van der Waals surface area contributed by atoms with Gasteiger partial charge in [0.2, 0.25) is 0 Å². The summed E-state index contributed by atoms with van der Waals surface area (Å²) in [5.41, 5.74) is 9.53. The predicted molar refractivity (Wildman–Crippen MR) is 68.2 cm³/mol. The highest BCUT2D eigenvalue weighted by atomic mass is 15.0. The van der Waals surface area contributed by atoms with Crippen LogP contribution in [-0.4, -0.2) is 11.1 Å². The van der Waals surface area contributed by atoms with Crippen LogP contribution >= 0.6 is 0 Å². The van der Waals surface area contributed by atoms with Crippen LogP contribution in [0.1, 0.15) is 18.2 Å². The topological polar surface area (TPSA) is 43.0 Å². The quantitative estimate of drug-likeness (QED) is 0.819. The maximum atomic E-state index is 5.75. The summed E-state index contributed by atoms with van der Waals surface area (Å²) in [5, 5.41) is 4.63. The largest absolute Gasteiger partial charge is 0.346 e. The molecule has 1 aromatic heterocycles. The van der Waals surface area contributed by atoms with E-state index in [4.69, 9.17) is 5.73 Å². The molecule has 0 bridgehead atoms. The van der Waals surface area contributed by atoms with Crippen molar-refractivity contribution < 1.29 is 0 Å². The van der Waals surface area contributed by atoms with E-state index in [0.29, 0.717) is 6.54 Å². The molecule has 2 aromatic rings. The lowest BCUT2D eigenvalue weighted by Crippen LogP contribution is -2.14. The van der Waals surface area contributed by atoms with Crippen LogP contribution in [0.4, 0.5) is 0 Å². The number of nitrogens with two attached hydrogens (primary N) is 1. The Morgan fingerprint density at radius 3 is 2.88 bits per heavy atom. The van der Waals surface area contributed by atoms with Crippen LogP contribution in [0.2, 0.25) is 0 Å². The maximum absolute atomic E-state index is 5.75. The molecular weight excluding hydrogens is 198 g/mol. The Kier molecular flexibility index (Phi) is 3.27. The second-order valence-electron chi connectivity index (χ2n) is 4.03. The molecule has 0 atom stereocenters. The van der Waals surface area contributed by atoms with Gasteiger partial charge in [0.1, 0.15) is 0 Å². The van der Waals surface area contributed by atoms with Crippen molar-refractivity contribution in [3.05, 3.63) is 35.5 Å². The zero-order valence-corrected chi connectivity index (χ0v) is 9.96. The fourth-order valence-electron chi connectivity index (χ4n) is 2.08. The average molecular weight is 217 g/mol. The number of aryl methyl sites for hydroxylation is 1. The van der Waals surface area contributed by atoms with E-state index in [0.717, 1.165) is 13.1 Å². The summed E-state index contributed by atoms with van der Waals surface area (Å²) in [6, 6.07) is 8.55. The standard InChI is InChI=1S/C13H19N3/c1-3-15-9-11-7-12-10(8-14)5-4-6-13(12)16(11)2/h4-7,15H,3,8-9,14H2,1-2H3. The minimum absolute atomic E-state index is 0.599. The smallest absolute Gasteiger partial charge is 0.0483 e. The van der Waals surface area contributed by atoms with Crippen LogP contribution in [0.3, 0.4) is 0 Å². The molecule has 0 radical (unpaired) electrons. The molecule has 0 fully saturated rings. The molecule has 2 rings (SSSR count). The summed E-state index contributed by atoms with van der Waals surface area (Å²) in [5.74, 6) is 0. The number of nitrogens with zero attached hydrogens (tertiary/aromatic N) is 1. The van der Waals surface area contributed by atoms with Gasteiger partial charge in [0.15, 0.2) is 0 Å². The molecule has 16 heavy (non-hydrogen) atoms. The molecule has 0 amide bonds. The summed E-state index contributed by atoms with van der Waals surface area (Å²) in [6.07, 6.45) is 0. The highest BCUT2D eigenvalue weighted by molar-refractivity contribution is 5.84. The van der Waals surface area contributed by atoms with Gasteiger partial charge in [-0.05, 0) is 24.2 Å². The van der Waals surface area contributed by atoms with Crippen molar-refractivity contribution in [2.24, 2.45) is 12.8 Å². The molecule has 0 unspecified atom stereocenters. The van der Waals surface area contributed by atoms with Crippen molar-refractivity contribution in [3.8, 4) is 0 Å². The molecule has 0 aliphatic rings. The van der Waals surface area contributed by atoms with E-state index in [1.54, 1.807) is 0 Å². The lowest BCUT2D eigenvalue weighted by molar-refractivity contribution is 0.686. The van der Waals surface area contributed by atoms with Gasteiger partial charge < -0.3 is 15.6 Å². The van der Waals surface area contributed by atoms with Gasteiger partial charge in [0.25, 0.3) is 0 Å². The number of hydrogen-bond donors (Lipinski definition) is 2. The third-order valence-electron chi connectivity index (χ3n) is 3.05. The molecule has 3 nitrogen and oxygen atoms in total. The van der Waals surface area contributed by atoms with Crippen molar-refractivity contribution in [2.45, 2.75) is 20.0 Å². The molecule has 0 aliphatic heterocycles. The Hall–Kier alpha value is -1.32. The van der Waals surface area contributed by atoms with E-state index in [9.17, 15) is 0 Å². The monoisotopic (exact) mass is 217 g/mol. The van der Waals surface area contributed by atoms with Gasteiger partial charge in [-0.25, -0.2) is 0 Å². The SMILES string of the molecule is CCNCc1cc2c(CN)cccc2n1C. The molecule has 0 saturated heterocycles. The summed E-state index contributed by atoms with van der Waals surface area (Å²) >= 11 is 0. The van der Waals surface area contributed by atoms with Crippen molar-refractivity contribution in [1.29, 1.82) is 0 Å². The second-order valence-corrected chi connectivity index (χ2v) is 4.03. The van der Waals surface area contributed by atoms with Gasteiger partial charge in [0.05, 0.1) is 0 Å². The average Bonchev–Trinajstić information content (AvgIpc) is 2.64. The zero-order valence-electron chi connectivity index (χ0n) is 9.96. The molecule has 1 aromatic carbocycles. The number of hydrogen-bond acceptors (Lipinski definition) is 2. The molecule has 0 saturated carbocycles. The van der Waals surface area contributed by atoms with Crippen LogP contribution in [-0.2, 0) is 20.1 Å². The Labute approximate surface area is 96.2 Å². The maximum Gasteiger partial charge on any atom is 0.0483 e. The highest BCUT2D eigenvalue weighted by Gasteiger charge is 2.07. The van der Waals surface area contributed by atoms with Crippen LogP contribution in [0.5, 0.6) is 0 Å². The van der Waals surface area contributed by atoms with Gasteiger partial charge in [-0.3, -0.25) is 0 Å². The molecule has 3 heteroatoms. The summed E-state index contributed by atoms with van der Waals surface area (Å²) in [7, 11) is 2.11. The van der Waals surface area contributed by atoms with E-state index < -0.39 is 0 Å².